The number of carbonyl (C=O) groups is 2. The average Bonchev–Trinajstić information content (AvgIpc) is 2.93. The number of carboxylic acids is 1. The molecule has 0 radical (unpaired) electrons. The zero-order chi connectivity index (χ0) is 18.0. The first kappa shape index (κ1) is 17.4. The van der Waals surface area contributed by atoms with Crippen molar-refractivity contribution in [3.8, 4) is 5.75 Å². The third kappa shape index (κ3) is 3.64. The highest BCUT2D eigenvalue weighted by Crippen LogP contribution is 2.33. The zero-order valence-corrected chi connectivity index (χ0v) is 14.4. The molecular formula is C18H18ClNO5. The normalized spacial score (nSPS) is 16.5. The Morgan fingerprint density at radius 2 is 2.16 bits per heavy atom. The van der Waals surface area contributed by atoms with Crippen molar-refractivity contribution in [3.05, 3.63) is 51.9 Å². The van der Waals surface area contributed by atoms with Gasteiger partial charge in [-0.05, 0) is 25.0 Å². The van der Waals surface area contributed by atoms with Crippen LogP contribution in [0.4, 0.5) is 0 Å². The number of amides is 1. The van der Waals surface area contributed by atoms with Crippen molar-refractivity contribution < 1.29 is 23.8 Å². The summed E-state index contributed by atoms with van der Waals surface area (Å²) in [4.78, 5) is 23.8. The number of rotatable bonds is 4. The first-order valence-electron chi connectivity index (χ1n) is 8.08. The van der Waals surface area contributed by atoms with Crippen LogP contribution in [0.15, 0.2) is 28.7 Å². The van der Waals surface area contributed by atoms with E-state index in [4.69, 9.17) is 20.8 Å². The van der Waals surface area contributed by atoms with E-state index in [1.54, 1.807) is 19.1 Å². The largest absolute Gasteiger partial charge is 0.493 e. The van der Waals surface area contributed by atoms with Crippen LogP contribution in [-0.4, -0.2) is 23.6 Å². The van der Waals surface area contributed by atoms with Crippen molar-refractivity contribution in [3.63, 3.8) is 0 Å². The van der Waals surface area contributed by atoms with Crippen LogP contribution in [0.25, 0.3) is 0 Å². The van der Waals surface area contributed by atoms with E-state index in [1.165, 1.54) is 6.07 Å². The van der Waals surface area contributed by atoms with E-state index in [0.717, 1.165) is 12.0 Å². The summed E-state index contributed by atoms with van der Waals surface area (Å²) in [6.07, 6.45) is 1.87. The van der Waals surface area contributed by atoms with Gasteiger partial charge in [0.25, 0.3) is 5.91 Å². The summed E-state index contributed by atoms with van der Waals surface area (Å²) < 4.78 is 11.1. The summed E-state index contributed by atoms with van der Waals surface area (Å²) in [7, 11) is 0. The van der Waals surface area contributed by atoms with Gasteiger partial charge in [0.2, 0.25) is 0 Å². The van der Waals surface area contributed by atoms with Crippen molar-refractivity contribution in [2.45, 2.75) is 32.2 Å². The molecule has 1 atom stereocenters. The summed E-state index contributed by atoms with van der Waals surface area (Å²) >= 11 is 6.01. The summed E-state index contributed by atoms with van der Waals surface area (Å²) in [5.74, 6) is -0.628. The molecule has 0 fully saturated rings. The molecule has 1 unspecified atom stereocenters. The molecule has 0 saturated carbocycles. The third-order valence-corrected chi connectivity index (χ3v) is 4.37. The van der Waals surface area contributed by atoms with Gasteiger partial charge in [-0.15, -0.1) is 0 Å². The Hall–Kier alpha value is -2.47. The minimum absolute atomic E-state index is 0.00470. The number of nitrogens with one attached hydrogen (secondary N) is 1. The number of halogens is 1. The van der Waals surface area contributed by atoms with Crippen LogP contribution >= 0.6 is 11.6 Å². The van der Waals surface area contributed by atoms with Gasteiger partial charge < -0.3 is 19.6 Å². The molecule has 1 aliphatic rings. The molecule has 25 heavy (non-hydrogen) atoms. The van der Waals surface area contributed by atoms with Crippen LogP contribution in [0.1, 0.15) is 58.0 Å². The predicted octanol–water partition coefficient (Wildman–Crippen LogP) is 3.84. The van der Waals surface area contributed by atoms with Gasteiger partial charge in [-0.3, -0.25) is 4.79 Å². The molecule has 132 valence electrons. The highest BCUT2D eigenvalue weighted by Gasteiger charge is 2.25. The first-order valence-corrected chi connectivity index (χ1v) is 8.46. The van der Waals surface area contributed by atoms with Crippen LogP contribution in [-0.2, 0) is 6.42 Å². The Balaban J connectivity index is 1.85. The number of benzene rings is 1. The minimum Gasteiger partial charge on any atom is -0.493 e. The number of fused-ring (bicyclic) bond motifs is 1. The van der Waals surface area contributed by atoms with Gasteiger partial charge in [0, 0.05) is 23.1 Å². The molecule has 1 aromatic carbocycles. The fourth-order valence-corrected chi connectivity index (χ4v) is 3.07. The Labute approximate surface area is 149 Å². The number of ether oxygens (including phenoxy) is 1. The summed E-state index contributed by atoms with van der Waals surface area (Å²) in [5.41, 5.74) is 0.861. The highest BCUT2D eigenvalue weighted by atomic mass is 35.5. The third-order valence-electron chi connectivity index (χ3n) is 4.14. The molecule has 3 rings (SSSR count). The number of hydrogen-bond acceptors (Lipinski definition) is 4. The Morgan fingerprint density at radius 3 is 2.84 bits per heavy atom. The Kier molecular flexibility index (Phi) is 4.99. The lowest BCUT2D eigenvalue weighted by molar-refractivity contribution is 0.0694. The maximum atomic E-state index is 12.5. The van der Waals surface area contributed by atoms with E-state index in [2.05, 4.69) is 5.32 Å². The predicted molar refractivity (Wildman–Crippen MR) is 91.4 cm³/mol. The van der Waals surface area contributed by atoms with Gasteiger partial charge in [0.15, 0.2) is 5.76 Å². The molecule has 2 aromatic rings. The molecule has 6 nitrogen and oxygen atoms in total. The standard InChI is InChI=1S/C18H18ClNO5/c1-2-14-12(18(22)23)9-16(25-14)17(21)20-13-4-3-7-24-15-8-10(19)5-6-11(13)15/h5-6,8-9,13H,2-4,7H2,1H3,(H,20,21)(H,22,23). The van der Waals surface area contributed by atoms with Crippen molar-refractivity contribution in [1.29, 1.82) is 0 Å². The molecule has 2 N–H and O–H groups in total. The average molecular weight is 364 g/mol. The maximum absolute atomic E-state index is 12.5. The monoisotopic (exact) mass is 363 g/mol. The van der Waals surface area contributed by atoms with Gasteiger partial charge in [-0.25, -0.2) is 4.79 Å². The van der Waals surface area contributed by atoms with Crippen LogP contribution in [0.2, 0.25) is 5.02 Å². The maximum Gasteiger partial charge on any atom is 0.339 e. The van der Waals surface area contributed by atoms with Gasteiger partial charge in [0.05, 0.1) is 12.6 Å². The lowest BCUT2D eigenvalue weighted by atomic mass is 10.0. The number of furan rings is 1. The minimum atomic E-state index is -1.11. The van der Waals surface area contributed by atoms with Gasteiger partial charge >= 0.3 is 5.97 Å². The Morgan fingerprint density at radius 1 is 1.36 bits per heavy atom. The lowest BCUT2D eigenvalue weighted by Crippen LogP contribution is -2.28. The van der Waals surface area contributed by atoms with Crippen molar-refractivity contribution in [1.82, 2.24) is 5.32 Å². The number of carbonyl (C=O) groups excluding carboxylic acids is 1. The SMILES string of the molecule is CCc1oc(C(=O)NC2CCCOc3cc(Cl)ccc32)cc1C(=O)O. The second kappa shape index (κ2) is 7.19. The van der Waals surface area contributed by atoms with E-state index in [1.807, 2.05) is 6.07 Å². The van der Waals surface area contributed by atoms with E-state index in [-0.39, 0.29) is 23.1 Å². The molecule has 1 aromatic heterocycles. The first-order chi connectivity index (χ1) is 12.0. The van der Waals surface area contributed by atoms with Gasteiger partial charge in [-0.2, -0.15) is 0 Å². The second-order valence-electron chi connectivity index (χ2n) is 5.81. The Bertz CT molecular complexity index is 814. The summed E-state index contributed by atoms with van der Waals surface area (Å²) in [6.45, 7) is 2.32. The molecular weight excluding hydrogens is 346 g/mol. The molecule has 1 aliphatic heterocycles. The fraction of sp³-hybridized carbons (Fsp3) is 0.333. The van der Waals surface area contributed by atoms with E-state index in [0.29, 0.717) is 30.2 Å². The molecule has 2 heterocycles. The molecule has 7 heteroatoms. The van der Waals surface area contributed by atoms with Crippen LogP contribution in [0.3, 0.4) is 0 Å². The highest BCUT2D eigenvalue weighted by molar-refractivity contribution is 6.30. The number of aromatic carboxylic acids is 1. The van der Waals surface area contributed by atoms with Gasteiger partial charge in [-0.1, -0.05) is 24.6 Å². The fourth-order valence-electron chi connectivity index (χ4n) is 2.91. The van der Waals surface area contributed by atoms with E-state index >= 15 is 0 Å². The quantitative estimate of drug-likeness (QED) is 0.861. The van der Waals surface area contributed by atoms with Gasteiger partial charge in [0.1, 0.15) is 17.1 Å². The van der Waals surface area contributed by atoms with E-state index < -0.39 is 11.9 Å². The smallest absolute Gasteiger partial charge is 0.339 e. The summed E-state index contributed by atoms with van der Waals surface area (Å²) in [6, 6.07) is 6.32. The van der Waals surface area contributed by atoms with Crippen LogP contribution in [0, 0.1) is 0 Å². The molecule has 0 spiro atoms. The van der Waals surface area contributed by atoms with Crippen molar-refractivity contribution in [2.75, 3.05) is 6.61 Å². The number of hydrogen-bond donors (Lipinski definition) is 2. The van der Waals surface area contributed by atoms with Crippen LogP contribution < -0.4 is 10.1 Å². The lowest BCUT2D eigenvalue weighted by Gasteiger charge is -2.17. The molecule has 1 amide bonds. The topological polar surface area (TPSA) is 88.8 Å². The molecule has 0 aliphatic carbocycles. The number of carboxylic acid groups (broad SMARTS) is 1. The van der Waals surface area contributed by atoms with Crippen molar-refractivity contribution >= 4 is 23.5 Å². The molecule has 0 saturated heterocycles. The zero-order valence-electron chi connectivity index (χ0n) is 13.7. The number of aryl methyl sites for hydroxylation is 1. The summed E-state index contributed by atoms with van der Waals surface area (Å²) in [5, 5.41) is 12.7. The van der Waals surface area contributed by atoms with E-state index in [9.17, 15) is 14.7 Å². The molecule has 0 bridgehead atoms. The van der Waals surface area contributed by atoms with Crippen LogP contribution in [0.5, 0.6) is 5.75 Å². The second-order valence-corrected chi connectivity index (χ2v) is 6.24. The van der Waals surface area contributed by atoms with Crippen molar-refractivity contribution in [2.24, 2.45) is 0 Å².